The predicted octanol–water partition coefficient (Wildman–Crippen LogP) is 2.63. The van der Waals surface area contributed by atoms with Gasteiger partial charge in [-0.1, -0.05) is 0 Å². The van der Waals surface area contributed by atoms with Gasteiger partial charge in [-0.2, -0.15) is 0 Å². The van der Waals surface area contributed by atoms with E-state index in [0.717, 1.165) is 22.4 Å². The van der Waals surface area contributed by atoms with Gasteiger partial charge in [-0.15, -0.1) is 0 Å². The molecule has 0 amide bonds. The second kappa shape index (κ2) is 3.58. The summed E-state index contributed by atoms with van der Waals surface area (Å²) in [5, 5.41) is 0. The Morgan fingerprint density at radius 2 is 1.79 bits per heavy atom. The van der Waals surface area contributed by atoms with Crippen LogP contribution in [0, 0.1) is 13.8 Å². The molecule has 2 rings (SSSR count). The van der Waals surface area contributed by atoms with Crippen LogP contribution in [0.25, 0.3) is 11.1 Å². The number of hydrogen-bond acceptors (Lipinski definition) is 2. The molecule has 2 aromatic heterocycles. The molecule has 0 atom stereocenters. The Hall–Kier alpha value is -1.70. The van der Waals surface area contributed by atoms with Crippen molar-refractivity contribution in [2.24, 2.45) is 0 Å². The van der Waals surface area contributed by atoms with Crippen LogP contribution in [0.5, 0.6) is 0 Å². The highest BCUT2D eigenvalue weighted by molar-refractivity contribution is 5.69. The molecule has 0 N–H and O–H groups in total. The van der Waals surface area contributed by atoms with E-state index in [1.165, 1.54) is 0 Å². The van der Waals surface area contributed by atoms with Crippen molar-refractivity contribution in [3.63, 3.8) is 0 Å². The van der Waals surface area contributed by atoms with Crippen LogP contribution in [0.1, 0.15) is 11.3 Å². The summed E-state index contributed by atoms with van der Waals surface area (Å²) in [6, 6.07) is 5.86. The monoisotopic (exact) mass is 183 g/mol. The Labute approximate surface area is 83.7 Å². The van der Waals surface area contributed by atoms with E-state index >= 15 is 0 Å². The molecule has 14 heavy (non-hydrogen) atoms. The van der Waals surface area contributed by atoms with Gasteiger partial charge in [-0.3, -0.25) is 9.97 Å². The molecule has 0 saturated carbocycles. The first kappa shape index (κ1) is 8.88. The number of aromatic nitrogens is 2. The second-order valence-corrected chi connectivity index (χ2v) is 3.17. The highest BCUT2D eigenvalue weighted by atomic mass is 14.7. The average Bonchev–Trinajstić information content (AvgIpc) is 2.19. The van der Waals surface area contributed by atoms with Gasteiger partial charge in [0, 0.05) is 29.8 Å². The lowest BCUT2D eigenvalue weighted by molar-refractivity contribution is 1.19. The van der Waals surface area contributed by atoms with Gasteiger partial charge in [-0.05, 0) is 43.2 Å². The average molecular weight is 183 g/mol. The highest BCUT2D eigenvalue weighted by Gasteiger charge is 2.04. The Bertz CT molecular complexity index is 415. The van der Waals surface area contributed by atoms with Crippen LogP contribution < -0.4 is 0 Å². The van der Waals surface area contributed by atoms with Crippen molar-refractivity contribution >= 4 is 0 Å². The summed E-state index contributed by atoms with van der Waals surface area (Å²) < 4.78 is 0. The summed E-state index contributed by atoms with van der Waals surface area (Å²) in [4.78, 5) is 8.25. The van der Waals surface area contributed by atoms with Gasteiger partial charge in [0.2, 0.25) is 0 Å². The first-order chi connectivity index (χ1) is 6.79. The molecule has 2 aromatic rings. The van der Waals surface area contributed by atoms with Crippen molar-refractivity contribution in [2.45, 2.75) is 6.92 Å². The van der Waals surface area contributed by atoms with Gasteiger partial charge in [0.1, 0.15) is 0 Å². The normalized spacial score (nSPS) is 10.1. The fraction of sp³-hybridized carbons (Fsp3) is 0.0833. The topological polar surface area (TPSA) is 25.8 Å². The zero-order valence-electron chi connectivity index (χ0n) is 8.07. The van der Waals surface area contributed by atoms with Crippen LogP contribution in [0.2, 0.25) is 0 Å². The van der Waals surface area contributed by atoms with E-state index in [9.17, 15) is 0 Å². The number of rotatable bonds is 1. The standard InChI is InChI=1S/C12H11N2/c1-9-3-8-14-10(2)12(9)11-4-6-13-7-5-11/h3-8H,1H2,2H3. The predicted molar refractivity (Wildman–Crippen MR) is 56.7 cm³/mol. The SMILES string of the molecule is [CH2]c1ccnc(C)c1-c1ccncc1. The molecule has 2 heterocycles. The summed E-state index contributed by atoms with van der Waals surface area (Å²) in [5.74, 6) is 0. The van der Waals surface area contributed by atoms with E-state index in [4.69, 9.17) is 0 Å². The van der Waals surface area contributed by atoms with Gasteiger partial charge >= 0.3 is 0 Å². The fourth-order valence-electron chi connectivity index (χ4n) is 1.53. The third-order valence-electron chi connectivity index (χ3n) is 2.20. The molecule has 0 bridgehead atoms. The smallest absolute Gasteiger partial charge is 0.0453 e. The molecule has 0 saturated heterocycles. The molecule has 0 aromatic carbocycles. The van der Waals surface area contributed by atoms with Crippen molar-refractivity contribution in [3.05, 3.63) is 55.0 Å². The second-order valence-electron chi connectivity index (χ2n) is 3.17. The van der Waals surface area contributed by atoms with Crippen molar-refractivity contribution in [1.82, 2.24) is 9.97 Å². The number of hydrogen-bond donors (Lipinski definition) is 0. The molecule has 0 aliphatic heterocycles. The van der Waals surface area contributed by atoms with Gasteiger partial charge in [0.25, 0.3) is 0 Å². The van der Waals surface area contributed by atoms with E-state index in [2.05, 4.69) is 16.9 Å². The lowest BCUT2D eigenvalue weighted by atomic mass is 10.0. The zero-order valence-corrected chi connectivity index (χ0v) is 8.07. The minimum Gasteiger partial charge on any atom is -0.265 e. The summed E-state index contributed by atoms with van der Waals surface area (Å²) in [5.41, 5.74) is 4.23. The summed E-state index contributed by atoms with van der Waals surface area (Å²) in [7, 11) is 0. The van der Waals surface area contributed by atoms with Crippen molar-refractivity contribution in [2.75, 3.05) is 0 Å². The van der Waals surface area contributed by atoms with Crippen LogP contribution in [0.15, 0.2) is 36.8 Å². The first-order valence-corrected chi connectivity index (χ1v) is 4.47. The maximum Gasteiger partial charge on any atom is 0.0453 e. The summed E-state index contributed by atoms with van der Waals surface area (Å²) in [6.07, 6.45) is 5.34. The maximum atomic E-state index is 4.26. The van der Waals surface area contributed by atoms with E-state index in [-0.39, 0.29) is 0 Å². The van der Waals surface area contributed by atoms with Gasteiger partial charge in [-0.25, -0.2) is 0 Å². The summed E-state index contributed by atoms with van der Waals surface area (Å²) >= 11 is 0. The lowest BCUT2D eigenvalue weighted by Gasteiger charge is -2.07. The molecular weight excluding hydrogens is 172 g/mol. The van der Waals surface area contributed by atoms with Crippen LogP contribution >= 0.6 is 0 Å². The molecule has 69 valence electrons. The van der Waals surface area contributed by atoms with Gasteiger partial charge < -0.3 is 0 Å². The van der Waals surface area contributed by atoms with Crippen LogP contribution in [-0.2, 0) is 0 Å². The van der Waals surface area contributed by atoms with Gasteiger partial charge in [0.05, 0.1) is 0 Å². The maximum absolute atomic E-state index is 4.26. The molecular formula is C12H11N2. The minimum atomic E-state index is 1.00. The third kappa shape index (κ3) is 1.51. The Balaban J connectivity index is 2.63. The molecule has 2 heteroatoms. The van der Waals surface area contributed by atoms with Crippen LogP contribution in [0.3, 0.4) is 0 Å². The number of aryl methyl sites for hydroxylation is 1. The Morgan fingerprint density at radius 3 is 2.43 bits per heavy atom. The van der Waals surface area contributed by atoms with Crippen molar-refractivity contribution in [1.29, 1.82) is 0 Å². The lowest BCUT2D eigenvalue weighted by Crippen LogP contribution is -1.90. The molecule has 0 fully saturated rings. The third-order valence-corrected chi connectivity index (χ3v) is 2.20. The van der Waals surface area contributed by atoms with Gasteiger partial charge in [0.15, 0.2) is 0 Å². The van der Waals surface area contributed by atoms with E-state index in [0.29, 0.717) is 0 Å². The van der Waals surface area contributed by atoms with E-state index in [1.807, 2.05) is 25.1 Å². The van der Waals surface area contributed by atoms with Crippen molar-refractivity contribution in [3.8, 4) is 11.1 Å². The Kier molecular flexibility index (Phi) is 2.27. The summed E-state index contributed by atoms with van der Waals surface area (Å²) in [6.45, 7) is 5.99. The molecule has 0 aliphatic rings. The van der Waals surface area contributed by atoms with Crippen molar-refractivity contribution < 1.29 is 0 Å². The Morgan fingerprint density at radius 1 is 1.07 bits per heavy atom. The quantitative estimate of drug-likeness (QED) is 0.679. The van der Waals surface area contributed by atoms with Crippen LogP contribution in [-0.4, -0.2) is 9.97 Å². The van der Waals surface area contributed by atoms with E-state index in [1.54, 1.807) is 18.6 Å². The zero-order chi connectivity index (χ0) is 9.97. The molecule has 0 aliphatic carbocycles. The minimum absolute atomic E-state index is 1.00. The molecule has 0 spiro atoms. The molecule has 1 radical (unpaired) electrons. The first-order valence-electron chi connectivity index (χ1n) is 4.47. The molecule has 2 nitrogen and oxygen atoms in total. The van der Waals surface area contributed by atoms with E-state index < -0.39 is 0 Å². The van der Waals surface area contributed by atoms with Crippen LogP contribution in [0.4, 0.5) is 0 Å². The highest BCUT2D eigenvalue weighted by Crippen LogP contribution is 2.24. The fourth-order valence-corrected chi connectivity index (χ4v) is 1.53. The molecule has 0 unspecified atom stereocenters. The number of pyridine rings is 2. The largest absolute Gasteiger partial charge is 0.265 e. The number of nitrogens with zero attached hydrogens (tertiary/aromatic N) is 2.